The van der Waals surface area contributed by atoms with Gasteiger partial charge in [0.05, 0.1) is 20.2 Å². The molecule has 21 heavy (non-hydrogen) atoms. The van der Waals surface area contributed by atoms with Crippen molar-refractivity contribution in [2.24, 2.45) is 0 Å². The van der Waals surface area contributed by atoms with E-state index in [9.17, 15) is 9.90 Å². The molecule has 1 fully saturated rings. The number of hydrogen-bond acceptors (Lipinski definition) is 4. The molecule has 1 amide bonds. The number of aliphatic hydroxyl groups is 1. The quantitative estimate of drug-likeness (QED) is 0.910. The Balaban J connectivity index is 2.11. The maximum absolute atomic E-state index is 11.9. The van der Waals surface area contributed by atoms with E-state index in [1.165, 1.54) is 4.90 Å². The first-order chi connectivity index (χ1) is 9.64. The Morgan fingerprint density at radius 2 is 1.95 bits per heavy atom. The lowest BCUT2D eigenvalue weighted by atomic mass is 9.85. The second kappa shape index (κ2) is 5.22. The summed E-state index contributed by atoms with van der Waals surface area (Å²) in [5.74, 6) is 0.631. The van der Waals surface area contributed by atoms with Crippen molar-refractivity contribution in [2.45, 2.75) is 38.9 Å². The van der Waals surface area contributed by atoms with Gasteiger partial charge in [-0.3, -0.25) is 0 Å². The van der Waals surface area contributed by atoms with Gasteiger partial charge in [-0.1, -0.05) is 11.6 Å². The summed E-state index contributed by atoms with van der Waals surface area (Å²) in [7, 11) is 1.57. The van der Waals surface area contributed by atoms with Gasteiger partial charge in [-0.15, -0.1) is 0 Å². The molecule has 0 spiro atoms. The van der Waals surface area contributed by atoms with E-state index in [0.717, 1.165) is 5.56 Å². The van der Waals surface area contributed by atoms with Crippen LogP contribution in [0.2, 0.25) is 0 Å². The average molecular weight is 293 g/mol. The fraction of sp³-hybridized carbons (Fsp3) is 0.562. The van der Waals surface area contributed by atoms with Crippen LogP contribution in [0.15, 0.2) is 18.2 Å². The highest BCUT2D eigenvalue weighted by Crippen LogP contribution is 2.38. The van der Waals surface area contributed by atoms with Crippen molar-refractivity contribution in [3.05, 3.63) is 29.3 Å². The Kier molecular flexibility index (Phi) is 3.89. The first-order valence-electron chi connectivity index (χ1n) is 7.00. The molecule has 1 N–H and O–H groups in total. The van der Waals surface area contributed by atoms with E-state index < -0.39 is 17.3 Å². The zero-order valence-electron chi connectivity index (χ0n) is 13.3. The fourth-order valence-electron chi connectivity index (χ4n) is 2.40. The van der Waals surface area contributed by atoms with Gasteiger partial charge in [-0.05, 0) is 39.8 Å². The molecule has 1 aromatic rings. The summed E-state index contributed by atoms with van der Waals surface area (Å²) >= 11 is 0. The summed E-state index contributed by atoms with van der Waals surface area (Å²) in [4.78, 5) is 13.4. The lowest BCUT2D eigenvalue weighted by molar-refractivity contribution is -0.104. The van der Waals surface area contributed by atoms with Crippen molar-refractivity contribution >= 4 is 6.09 Å². The fourth-order valence-corrected chi connectivity index (χ4v) is 2.40. The Bertz CT molecular complexity index is 542. The number of β-amino-alcohol motifs (C(OH)–C–C–N with tert-alkyl or cyclic N) is 1. The van der Waals surface area contributed by atoms with Crippen LogP contribution in [0.4, 0.5) is 4.79 Å². The molecule has 1 saturated heterocycles. The third-order valence-electron chi connectivity index (χ3n) is 3.41. The molecule has 1 aromatic carbocycles. The molecule has 5 heteroatoms. The van der Waals surface area contributed by atoms with Crippen LogP contribution in [-0.4, -0.2) is 41.9 Å². The van der Waals surface area contributed by atoms with E-state index in [-0.39, 0.29) is 13.1 Å². The second-order valence-corrected chi connectivity index (χ2v) is 6.57. The molecular formula is C16H23NO4. The van der Waals surface area contributed by atoms with Gasteiger partial charge in [-0.25, -0.2) is 4.79 Å². The number of methoxy groups -OCH3 is 1. The van der Waals surface area contributed by atoms with Crippen LogP contribution in [0.5, 0.6) is 5.75 Å². The summed E-state index contributed by atoms with van der Waals surface area (Å²) in [5.41, 5.74) is 0.139. The molecule has 116 valence electrons. The third-order valence-corrected chi connectivity index (χ3v) is 3.41. The van der Waals surface area contributed by atoms with Crippen LogP contribution in [0, 0.1) is 6.92 Å². The van der Waals surface area contributed by atoms with E-state index in [1.54, 1.807) is 7.11 Å². The van der Waals surface area contributed by atoms with Crippen LogP contribution in [0.1, 0.15) is 31.9 Å². The van der Waals surface area contributed by atoms with Crippen molar-refractivity contribution in [1.29, 1.82) is 0 Å². The molecule has 0 aromatic heterocycles. The van der Waals surface area contributed by atoms with E-state index in [2.05, 4.69) is 0 Å². The number of rotatable bonds is 2. The molecule has 1 aliphatic heterocycles. The highest BCUT2D eigenvalue weighted by Gasteiger charge is 2.47. The first kappa shape index (κ1) is 15.6. The van der Waals surface area contributed by atoms with Crippen LogP contribution in [0.3, 0.4) is 0 Å². The lowest BCUT2D eigenvalue weighted by Gasteiger charge is -2.46. The van der Waals surface area contributed by atoms with Crippen molar-refractivity contribution in [3.63, 3.8) is 0 Å². The molecule has 5 nitrogen and oxygen atoms in total. The number of likely N-dealkylation sites (tertiary alicyclic amines) is 1. The molecule has 0 aliphatic carbocycles. The van der Waals surface area contributed by atoms with E-state index in [4.69, 9.17) is 9.47 Å². The maximum atomic E-state index is 11.9. The van der Waals surface area contributed by atoms with Crippen LogP contribution in [0.25, 0.3) is 0 Å². The monoisotopic (exact) mass is 293 g/mol. The van der Waals surface area contributed by atoms with Gasteiger partial charge in [0.15, 0.2) is 0 Å². The van der Waals surface area contributed by atoms with E-state index in [1.807, 2.05) is 45.9 Å². The molecule has 2 rings (SSSR count). The Morgan fingerprint density at radius 1 is 1.33 bits per heavy atom. The molecule has 0 radical (unpaired) electrons. The maximum Gasteiger partial charge on any atom is 0.410 e. The van der Waals surface area contributed by atoms with Crippen molar-refractivity contribution in [1.82, 2.24) is 4.90 Å². The topological polar surface area (TPSA) is 59.0 Å². The summed E-state index contributed by atoms with van der Waals surface area (Å²) in [5, 5.41) is 10.7. The minimum atomic E-state index is -1.08. The molecule has 1 heterocycles. The highest BCUT2D eigenvalue weighted by molar-refractivity contribution is 5.70. The van der Waals surface area contributed by atoms with Crippen molar-refractivity contribution < 1.29 is 19.4 Å². The SMILES string of the molecule is COc1ccc(C)cc1C1(O)CN(C(=O)OC(C)(C)C)C1. The number of carbonyl (C=O) groups is 1. The lowest BCUT2D eigenvalue weighted by Crippen LogP contribution is -2.62. The van der Waals surface area contributed by atoms with Gasteiger partial charge < -0.3 is 19.5 Å². The van der Waals surface area contributed by atoms with E-state index >= 15 is 0 Å². The second-order valence-electron chi connectivity index (χ2n) is 6.57. The molecule has 0 atom stereocenters. The molecule has 0 unspecified atom stereocenters. The predicted molar refractivity (Wildman–Crippen MR) is 79.4 cm³/mol. The van der Waals surface area contributed by atoms with E-state index in [0.29, 0.717) is 11.3 Å². The largest absolute Gasteiger partial charge is 0.496 e. The number of nitrogens with zero attached hydrogens (tertiary/aromatic N) is 1. The Hall–Kier alpha value is -1.75. The molecule has 1 aliphatic rings. The first-order valence-corrected chi connectivity index (χ1v) is 7.00. The van der Waals surface area contributed by atoms with Gasteiger partial charge in [0.2, 0.25) is 0 Å². The number of benzene rings is 1. The predicted octanol–water partition coefficient (Wildman–Crippen LogP) is 2.44. The highest BCUT2D eigenvalue weighted by atomic mass is 16.6. The number of aryl methyl sites for hydroxylation is 1. The van der Waals surface area contributed by atoms with Crippen molar-refractivity contribution in [3.8, 4) is 5.75 Å². The Morgan fingerprint density at radius 3 is 2.48 bits per heavy atom. The van der Waals surface area contributed by atoms with Gasteiger partial charge in [0.1, 0.15) is 17.0 Å². The zero-order chi connectivity index (χ0) is 15.8. The molecule has 0 bridgehead atoms. The van der Waals surface area contributed by atoms with Crippen LogP contribution in [-0.2, 0) is 10.3 Å². The van der Waals surface area contributed by atoms with Gasteiger partial charge >= 0.3 is 6.09 Å². The van der Waals surface area contributed by atoms with Crippen molar-refractivity contribution in [2.75, 3.05) is 20.2 Å². The Labute approximate surface area is 125 Å². The van der Waals surface area contributed by atoms with Crippen LogP contribution >= 0.6 is 0 Å². The summed E-state index contributed by atoms with van der Waals surface area (Å²) in [6.07, 6.45) is -0.404. The zero-order valence-corrected chi connectivity index (χ0v) is 13.3. The van der Waals surface area contributed by atoms with Gasteiger partial charge in [0, 0.05) is 5.56 Å². The number of amides is 1. The normalized spacial score (nSPS) is 17.1. The third kappa shape index (κ3) is 3.29. The standard InChI is InChI=1S/C16H23NO4/c1-11-6-7-13(20-5)12(8-11)16(19)9-17(10-16)14(18)21-15(2,3)4/h6-8,19H,9-10H2,1-5H3. The van der Waals surface area contributed by atoms with Crippen LogP contribution < -0.4 is 4.74 Å². The molecule has 0 saturated carbocycles. The summed E-state index contributed by atoms with van der Waals surface area (Å²) in [6, 6.07) is 5.65. The minimum absolute atomic E-state index is 0.210. The number of hydrogen-bond donors (Lipinski definition) is 1. The minimum Gasteiger partial charge on any atom is -0.496 e. The van der Waals surface area contributed by atoms with Gasteiger partial charge in [0.25, 0.3) is 0 Å². The smallest absolute Gasteiger partial charge is 0.410 e. The summed E-state index contributed by atoms with van der Waals surface area (Å²) in [6.45, 7) is 7.83. The number of ether oxygens (including phenoxy) is 2. The molecular weight excluding hydrogens is 270 g/mol. The van der Waals surface area contributed by atoms with Gasteiger partial charge in [-0.2, -0.15) is 0 Å². The number of carbonyl (C=O) groups excluding carboxylic acids is 1. The summed E-state index contributed by atoms with van der Waals surface area (Å²) < 4.78 is 10.6. The average Bonchev–Trinajstić information content (AvgIpc) is 2.32.